The van der Waals surface area contributed by atoms with Crippen molar-refractivity contribution in [3.63, 3.8) is 0 Å². The lowest BCUT2D eigenvalue weighted by molar-refractivity contribution is 0.0299. The number of anilines is 1. The number of rotatable bonds is 2. The molecule has 0 atom stereocenters. The van der Waals surface area contributed by atoms with Gasteiger partial charge in [0.15, 0.2) is 0 Å². The molecule has 4 rings (SSSR count). The molecule has 0 aliphatic carbocycles. The number of hydrogen-bond acceptors (Lipinski definition) is 5. The van der Waals surface area contributed by atoms with Crippen molar-refractivity contribution in [1.82, 2.24) is 14.9 Å². The number of carbonyl (C=O) groups excluding carboxylic acids is 1. The molecule has 3 heterocycles. The molecule has 1 saturated heterocycles. The van der Waals surface area contributed by atoms with Crippen molar-refractivity contribution >= 4 is 11.9 Å². The fraction of sp³-hybridized carbons (Fsp3) is 0.389. The molecule has 24 heavy (non-hydrogen) atoms. The van der Waals surface area contributed by atoms with Gasteiger partial charge in [-0.05, 0) is 23.6 Å². The highest BCUT2D eigenvalue weighted by atomic mass is 16.5. The van der Waals surface area contributed by atoms with Gasteiger partial charge in [-0.15, -0.1) is 0 Å². The van der Waals surface area contributed by atoms with Gasteiger partial charge in [0.25, 0.3) is 5.91 Å². The van der Waals surface area contributed by atoms with Crippen molar-refractivity contribution in [1.29, 1.82) is 0 Å². The van der Waals surface area contributed by atoms with E-state index in [9.17, 15) is 4.79 Å². The van der Waals surface area contributed by atoms with Gasteiger partial charge < -0.3 is 14.5 Å². The minimum Gasteiger partial charge on any atom is -0.378 e. The summed E-state index contributed by atoms with van der Waals surface area (Å²) < 4.78 is 5.30. The van der Waals surface area contributed by atoms with Gasteiger partial charge in [0.2, 0.25) is 5.95 Å². The summed E-state index contributed by atoms with van der Waals surface area (Å²) in [5.41, 5.74) is 3.15. The maximum Gasteiger partial charge on any atom is 0.272 e. The monoisotopic (exact) mass is 324 g/mol. The Morgan fingerprint density at radius 2 is 1.83 bits per heavy atom. The van der Waals surface area contributed by atoms with Gasteiger partial charge in [-0.3, -0.25) is 4.79 Å². The lowest BCUT2D eigenvalue weighted by Crippen LogP contribution is -2.41. The topological polar surface area (TPSA) is 58.6 Å². The number of nitrogens with zero attached hydrogens (tertiary/aromatic N) is 4. The zero-order valence-corrected chi connectivity index (χ0v) is 13.5. The van der Waals surface area contributed by atoms with Crippen molar-refractivity contribution < 1.29 is 9.53 Å². The van der Waals surface area contributed by atoms with Crippen molar-refractivity contribution in [2.45, 2.75) is 13.0 Å². The number of aromatic nitrogens is 2. The van der Waals surface area contributed by atoms with Crippen LogP contribution in [0.2, 0.25) is 0 Å². The van der Waals surface area contributed by atoms with Crippen LogP contribution in [0, 0.1) is 0 Å². The van der Waals surface area contributed by atoms with Crippen molar-refractivity contribution in [2.75, 3.05) is 37.7 Å². The number of carbonyl (C=O) groups is 1. The summed E-state index contributed by atoms with van der Waals surface area (Å²) in [7, 11) is 0. The van der Waals surface area contributed by atoms with Crippen molar-refractivity contribution in [2.24, 2.45) is 0 Å². The van der Waals surface area contributed by atoms with E-state index in [0.717, 1.165) is 19.5 Å². The summed E-state index contributed by atoms with van der Waals surface area (Å²) in [6, 6.07) is 10.1. The summed E-state index contributed by atoms with van der Waals surface area (Å²) in [4.78, 5) is 25.4. The summed E-state index contributed by atoms with van der Waals surface area (Å²) in [5.74, 6) is 0.586. The Morgan fingerprint density at radius 1 is 1.04 bits per heavy atom. The molecular formula is C18H20N4O2. The maximum absolute atomic E-state index is 12.6. The zero-order valence-electron chi connectivity index (χ0n) is 13.5. The first-order valence-corrected chi connectivity index (χ1v) is 8.33. The van der Waals surface area contributed by atoms with Gasteiger partial charge in [0.1, 0.15) is 5.69 Å². The molecule has 0 radical (unpaired) electrons. The quantitative estimate of drug-likeness (QED) is 0.838. The molecule has 1 aromatic carbocycles. The van der Waals surface area contributed by atoms with Crippen LogP contribution >= 0.6 is 0 Å². The van der Waals surface area contributed by atoms with E-state index in [2.05, 4.69) is 39.1 Å². The van der Waals surface area contributed by atoms with Gasteiger partial charge in [-0.2, -0.15) is 0 Å². The van der Waals surface area contributed by atoms with E-state index in [0.29, 0.717) is 37.9 Å². The molecule has 2 aliphatic heterocycles. The summed E-state index contributed by atoms with van der Waals surface area (Å²) in [5, 5.41) is 0. The molecule has 1 fully saturated rings. The highest BCUT2D eigenvalue weighted by Gasteiger charge is 2.22. The fourth-order valence-electron chi connectivity index (χ4n) is 3.21. The Balaban J connectivity index is 1.54. The Labute approximate surface area is 141 Å². The molecule has 2 aliphatic rings. The molecule has 124 valence electrons. The molecule has 0 unspecified atom stereocenters. The Kier molecular flexibility index (Phi) is 4.13. The van der Waals surface area contributed by atoms with E-state index in [1.807, 2.05) is 0 Å². The first-order chi connectivity index (χ1) is 11.8. The zero-order chi connectivity index (χ0) is 16.4. The molecule has 0 N–H and O–H groups in total. The van der Waals surface area contributed by atoms with E-state index in [1.54, 1.807) is 17.2 Å². The van der Waals surface area contributed by atoms with Crippen LogP contribution < -0.4 is 4.90 Å². The molecular weight excluding hydrogens is 304 g/mol. The van der Waals surface area contributed by atoms with Crippen LogP contribution in [-0.2, 0) is 17.7 Å². The third kappa shape index (κ3) is 2.97. The lowest BCUT2D eigenvalue weighted by Gasteiger charge is -2.29. The lowest BCUT2D eigenvalue weighted by atomic mass is 10.0. The van der Waals surface area contributed by atoms with E-state index >= 15 is 0 Å². The smallest absolute Gasteiger partial charge is 0.272 e. The van der Waals surface area contributed by atoms with Gasteiger partial charge >= 0.3 is 0 Å². The second kappa shape index (κ2) is 6.57. The van der Waals surface area contributed by atoms with Gasteiger partial charge in [-0.1, -0.05) is 24.3 Å². The van der Waals surface area contributed by atoms with Crippen LogP contribution in [0.3, 0.4) is 0 Å². The predicted molar refractivity (Wildman–Crippen MR) is 90.0 cm³/mol. The van der Waals surface area contributed by atoms with Crippen LogP contribution in [0.5, 0.6) is 0 Å². The average molecular weight is 324 g/mol. The molecule has 0 bridgehead atoms. The van der Waals surface area contributed by atoms with E-state index in [4.69, 9.17) is 4.74 Å². The van der Waals surface area contributed by atoms with Gasteiger partial charge in [0.05, 0.1) is 13.2 Å². The number of morpholine rings is 1. The maximum atomic E-state index is 12.6. The molecule has 1 amide bonds. The summed E-state index contributed by atoms with van der Waals surface area (Å²) in [6.07, 6.45) is 2.65. The van der Waals surface area contributed by atoms with Crippen molar-refractivity contribution in [3.05, 3.63) is 53.3 Å². The van der Waals surface area contributed by atoms with Crippen LogP contribution in [0.1, 0.15) is 21.6 Å². The first kappa shape index (κ1) is 15.1. The van der Waals surface area contributed by atoms with Crippen molar-refractivity contribution in [3.8, 4) is 0 Å². The van der Waals surface area contributed by atoms with Gasteiger partial charge in [0, 0.05) is 32.4 Å². The number of fused-ring (bicyclic) bond motifs is 1. The van der Waals surface area contributed by atoms with E-state index in [-0.39, 0.29) is 5.91 Å². The first-order valence-electron chi connectivity index (χ1n) is 8.33. The molecule has 0 spiro atoms. The third-order valence-electron chi connectivity index (χ3n) is 4.57. The highest BCUT2D eigenvalue weighted by Crippen LogP contribution is 2.22. The summed E-state index contributed by atoms with van der Waals surface area (Å²) in [6.45, 7) is 4.07. The van der Waals surface area contributed by atoms with Crippen LogP contribution in [0.15, 0.2) is 36.5 Å². The van der Waals surface area contributed by atoms with E-state index in [1.165, 1.54) is 11.1 Å². The second-order valence-electron chi connectivity index (χ2n) is 6.09. The van der Waals surface area contributed by atoms with Crippen LogP contribution in [0.4, 0.5) is 5.95 Å². The average Bonchev–Trinajstić information content (AvgIpc) is 2.68. The largest absolute Gasteiger partial charge is 0.378 e. The predicted octanol–water partition coefficient (Wildman–Crippen LogP) is 1.51. The van der Waals surface area contributed by atoms with Crippen LogP contribution in [-0.4, -0.2) is 53.6 Å². The molecule has 6 nitrogen and oxygen atoms in total. The third-order valence-corrected chi connectivity index (χ3v) is 4.57. The molecule has 2 aromatic rings. The standard InChI is InChI=1S/C18H20N4O2/c23-17(21-9-11-24-12-10-21)16-5-7-19-18(20-16)22-8-6-14-3-1-2-4-15(14)13-22/h1-5,7H,6,8-13H2. The molecule has 0 saturated carbocycles. The Hall–Kier alpha value is -2.47. The minimum atomic E-state index is -0.0423. The number of hydrogen-bond donors (Lipinski definition) is 0. The normalized spacial score (nSPS) is 17.5. The minimum absolute atomic E-state index is 0.0423. The number of amides is 1. The van der Waals surface area contributed by atoms with Crippen LogP contribution in [0.25, 0.3) is 0 Å². The SMILES string of the molecule is O=C(c1ccnc(N2CCc3ccccc3C2)n1)N1CCOCC1. The summed E-state index contributed by atoms with van der Waals surface area (Å²) >= 11 is 0. The number of benzene rings is 1. The second-order valence-corrected chi connectivity index (χ2v) is 6.09. The van der Waals surface area contributed by atoms with E-state index < -0.39 is 0 Å². The highest BCUT2D eigenvalue weighted by molar-refractivity contribution is 5.92. The Bertz CT molecular complexity index is 743. The molecule has 6 heteroatoms. The molecule has 1 aromatic heterocycles. The van der Waals surface area contributed by atoms with Gasteiger partial charge in [-0.25, -0.2) is 9.97 Å². The fourth-order valence-corrected chi connectivity index (χ4v) is 3.21. The number of ether oxygens (including phenoxy) is 1. The Morgan fingerprint density at radius 3 is 2.67 bits per heavy atom.